The molecular weight excluding hydrogens is 246 g/mol. The Kier molecular flexibility index (Phi) is 4.74. The lowest BCUT2D eigenvalue weighted by Crippen LogP contribution is -2.55. The van der Waals surface area contributed by atoms with E-state index >= 15 is 0 Å². The van der Waals surface area contributed by atoms with E-state index in [1.807, 2.05) is 6.92 Å². The van der Waals surface area contributed by atoms with E-state index in [4.69, 9.17) is 10.9 Å². The van der Waals surface area contributed by atoms with Crippen molar-refractivity contribution < 1.29 is 15.1 Å². The zero-order chi connectivity index (χ0) is 14.5. The molecule has 1 rings (SSSR count). The molecule has 6 heteroatoms. The standard InChI is InChI=1S/C13H19N3O3/c1-3-13(2,12(14)16-19)15-11(18)8-9-5-4-6-10(17)7-9/h4-7,17,19H,3,8H2,1-2H3,(H2,14,16)(H,15,18). The number of hydrogen-bond donors (Lipinski definition) is 4. The zero-order valence-corrected chi connectivity index (χ0v) is 11.1. The molecule has 0 bridgehead atoms. The first-order valence-corrected chi connectivity index (χ1v) is 5.98. The number of nitrogens with one attached hydrogen (secondary N) is 1. The molecule has 0 saturated heterocycles. The van der Waals surface area contributed by atoms with E-state index < -0.39 is 5.54 Å². The third kappa shape index (κ3) is 3.87. The maximum atomic E-state index is 11.9. The average Bonchev–Trinajstić information content (AvgIpc) is 2.37. The summed E-state index contributed by atoms with van der Waals surface area (Å²) in [5.41, 5.74) is 5.38. The van der Waals surface area contributed by atoms with E-state index in [0.717, 1.165) is 0 Å². The van der Waals surface area contributed by atoms with Gasteiger partial charge in [0.25, 0.3) is 0 Å². The highest BCUT2D eigenvalue weighted by Gasteiger charge is 2.29. The van der Waals surface area contributed by atoms with Crippen molar-refractivity contribution >= 4 is 11.7 Å². The number of amidine groups is 1. The predicted octanol–water partition coefficient (Wildman–Crippen LogP) is 0.966. The Balaban J connectivity index is 2.74. The number of oxime groups is 1. The van der Waals surface area contributed by atoms with Gasteiger partial charge in [-0.05, 0) is 31.0 Å². The van der Waals surface area contributed by atoms with E-state index in [-0.39, 0.29) is 23.9 Å². The highest BCUT2D eigenvalue weighted by Crippen LogP contribution is 2.13. The predicted molar refractivity (Wildman–Crippen MR) is 72.1 cm³/mol. The number of rotatable bonds is 5. The van der Waals surface area contributed by atoms with E-state index in [1.54, 1.807) is 19.1 Å². The normalized spacial score (nSPS) is 14.7. The molecule has 0 aromatic heterocycles. The Morgan fingerprint density at radius 2 is 2.21 bits per heavy atom. The second kappa shape index (κ2) is 6.08. The quantitative estimate of drug-likeness (QED) is 0.275. The van der Waals surface area contributed by atoms with E-state index in [0.29, 0.717) is 12.0 Å². The number of nitrogens with zero attached hydrogens (tertiary/aromatic N) is 1. The minimum atomic E-state index is -0.886. The molecule has 0 fully saturated rings. The molecule has 6 nitrogen and oxygen atoms in total. The second-order valence-corrected chi connectivity index (χ2v) is 4.57. The summed E-state index contributed by atoms with van der Waals surface area (Å²) >= 11 is 0. The molecule has 1 aromatic rings. The number of nitrogens with two attached hydrogens (primary N) is 1. The van der Waals surface area contributed by atoms with Crippen molar-refractivity contribution in [2.45, 2.75) is 32.2 Å². The second-order valence-electron chi connectivity index (χ2n) is 4.57. The molecular formula is C13H19N3O3. The third-order valence-electron chi connectivity index (χ3n) is 3.07. The number of carbonyl (C=O) groups is 1. The molecule has 0 aliphatic carbocycles. The smallest absolute Gasteiger partial charge is 0.225 e. The Morgan fingerprint density at radius 3 is 2.74 bits per heavy atom. The number of carbonyl (C=O) groups excluding carboxylic acids is 1. The molecule has 104 valence electrons. The number of benzene rings is 1. The topological polar surface area (TPSA) is 108 Å². The highest BCUT2D eigenvalue weighted by molar-refractivity contribution is 5.93. The molecule has 5 N–H and O–H groups in total. The van der Waals surface area contributed by atoms with Gasteiger partial charge in [0, 0.05) is 0 Å². The van der Waals surface area contributed by atoms with E-state index in [2.05, 4.69) is 10.5 Å². The first kappa shape index (κ1) is 14.8. The van der Waals surface area contributed by atoms with Crippen LogP contribution >= 0.6 is 0 Å². The van der Waals surface area contributed by atoms with Crippen molar-refractivity contribution in [3.8, 4) is 5.75 Å². The first-order chi connectivity index (χ1) is 8.91. The average molecular weight is 265 g/mol. The van der Waals surface area contributed by atoms with Crippen LogP contribution in [0.5, 0.6) is 5.75 Å². The molecule has 1 amide bonds. The summed E-state index contributed by atoms with van der Waals surface area (Å²) < 4.78 is 0. The number of hydrogen-bond acceptors (Lipinski definition) is 4. The molecule has 0 heterocycles. The van der Waals surface area contributed by atoms with Crippen molar-refractivity contribution in [1.29, 1.82) is 0 Å². The summed E-state index contributed by atoms with van der Waals surface area (Å²) in [6.07, 6.45) is 0.609. The highest BCUT2D eigenvalue weighted by atomic mass is 16.4. The van der Waals surface area contributed by atoms with Gasteiger partial charge in [-0.15, -0.1) is 0 Å². The van der Waals surface area contributed by atoms with Crippen LogP contribution in [0.25, 0.3) is 0 Å². The third-order valence-corrected chi connectivity index (χ3v) is 3.07. The summed E-state index contributed by atoms with van der Waals surface area (Å²) in [5.74, 6) is -0.194. The maximum absolute atomic E-state index is 11.9. The van der Waals surface area contributed by atoms with Gasteiger partial charge in [-0.2, -0.15) is 0 Å². The van der Waals surface area contributed by atoms with Crippen LogP contribution in [0.4, 0.5) is 0 Å². The van der Waals surface area contributed by atoms with E-state index in [9.17, 15) is 9.90 Å². The van der Waals surface area contributed by atoms with Crippen molar-refractivity contribution in [2.75, 3.05) is 0 Å². The largest absolute Gasteiger partial charge is 0.508 e. The minimum absolute atomic E-state index is 0.0424. The maximum Gasteiger partial charge on any atom is 0.225 e. The van der Waals surface area contributed by atoms with Crippen LogP contribution in [0.3, 0.4) is 0 Å². The number of phenolic OH excluding ortho intramolecular Hbond substituents is 1. The summed E-state index contributed by atoms with van der Waals surface area (Å²) in [7, 11) is 0. The Bertz CT molecular complexity index is 488. The van der Waals surface area contributed by atoms with Gasteiger partial charge in [0.15, 0.2) is 5.84 Å². The molecule has 0 saturated carbocycles. The molecule has 1 atom stereocenters. The minimum Gasteiger partial charge on any atom is -0.508 e. The first-order valence-electron chi connectivity index (χ1n) is 5.98. The van der Waals surface area contributed by atoms with Crippen LogP contribution in [0.2, 0.25) is 0 Å². The van der Waals surface area contributed by atoms with E-state index in [1.165, 1.54) is 12.1 Å². The van der Waals surface area contributed by atoms with Gasteiger partial charge in [-0.3, -0.25) is 4.79 Å². The van der Waals surface area contributed by atoms with Gasteiger partial charge >= 0.3 is 0 Å². The lowest BCUT2D eigenvalue weighted by molar-refractivity contribution is -0.121. The summed E-state index contributed by atoms with van der Waals surface area (Å²) in [4.78, 5) is 11.9. The van der Waals surface area contributed by atoms with Crippen molar-refractivity contribution in [2.24, 2.45) is 10.9 Å². The van der Waals surface area contributed by atoms with Crippen LogP contribution in [-0.4, -0.2) is 27.6 Å². The monoisotopic (exact) mass is 265 g/mol. The fraction of sp³-hybridized carbons (Fsp3) is 0.385. The van der Waals surface area contributed by atoms with Crippen LogP contribution in [0.1, 0.15) is 25.8 Å². The number of phenols is 1. The molecule has 1 aromatic carbocycles. The molecule has 0 spiro atoms. The Labute approximate surface area is 111 Å². The fourth-order valence-electron chi connectivity index (χ4n) is 1.65. The van der Waals surface area contributed by atoms with Crippen LogP contribution in [0, 0.1) is 0 Å². The van der Waals surface area contributed by atoms with Gasteiger partial charge in [0.05, 0.1) is 12.0 Å². The number of amides is 1. The molecule has 1 unspecified atom stereocenters. The van der Waals surface area contributed by atoms with Crippen molar-refractivity contribution in [1.82, 2.24) is 5.32 Å². The van der Waals surface area contributed by atoms with Crippen LogP contribution in [0.15, 0.2) is 29.4 Å². The molecule has 0 aliphatic heterocycles. The van der Waals surface area contributed by atoms with Crippen molar-refractivity contribution in [3.63, 3.8) is 0 Å². The van der Waals surface area contributed by atoms with Crippen LogP contribution < -0.4 is 11.1 Å². The number of aromatic hydroxyl groups is 1. The van der Waals surface area contributed by atoms with Gasteiger partial charge < -0.3 is 21.4 Å². The lowest BCUT2D eigenvalue weighted by Gasteiger charge is -2.28. The van der Waals surface area contributed by atoms with Gasteiger partial charge in [-0.1, -0.05) is 24.2 Å². The molecule has 0 radical (unpaired) electrons. The summed E-state index contributed by atoms with van der Waals surface area (Å²) in [6.45, 7) is 3.51. The Morgan fingerprint density at radius 1 is 1.53 bits per heavy atom. The van der Waals surface area contributed by atoms with Crippen molar-refractivity contribution in [3.05, 3.63) is 29.8 Å². The Hall–Kier alpha value is -2.24. The lowest BCUT2D eigenvalue weighted by atomic mass is 9.97. The van der Waals surface area contributed by atoms with Gasteiger partial charge in [-0.25, -0.2) is 0 Å². The van der Waals surface area contributed by atoms with Gasteiger partial charge in [0.1, 0.15) is 5.75 Å². The zero-order valence-electron chi connectivity index (χ0n) is 11.1. The van der Waals surface area contributed by atoms with Gasteiger partial charge in [0.2, 0.25) is 5.91 Å². The fourth-order valence-corrected chi connectivity index (χ4v) is 1.65. The van der Waals surface area contributed by atoms with Crippen LogP contribution in [-0.2, 0) is 11.2 Å². The molecule has 19 heavy (non-hydrogen) atoms. The summed E-state index contributed by atoms with van der Waals surface area (Å²) in [6, 6.07) is 6.47. The summed E-state index contributed by atoms with van der Waals surface area (Å²) in [5, 5.41) is 23.7. The SMILES string of the molecule is CCC(C)(NC(=O)Cc1cccc(O)c1)/C(N)=N/O. The molecule has 0 aliphatic rings.